The Morgan fingerprint density at radius 1 is 1.16 bits per heavy atom. The third-order valence-corrected chi connectivity index (χ3v) is 4.70. The smallest absolute Gasteiger partial charge is 0.157 e. The van der Waals surface area contributed by atoms with E-state index in [0.29, 0.717) is 10.7 Å². The number of fused-ring (bicyclic) bond motifs is 1. The Labute approximate surface area is 119 Å². The summed E-state index contributed by atoms with van der Waals surface area (Å²) < 4.78 is 0. The number of nitrogens with two attached hydrogens (primary N) is 1. The van der Waals surface area contributed by atoms with Crippen molar-refractivity contribution < 1.29 is 0 Å². The van der Waals surface area contributed by atoms with E-state index in [1.165, 1.54) is 32.1 Å². The highest BCUT2D eigenvalue weighted by Crippen LogP contribution is 2.37. The molecular formula is C14H20N4S. The summed E-state index contributed by atoms with van der Waals surface area (Å²) >= 11 is 5.08. The first-order chi connectivity index (χ1) is 9.25. The summed E-state index contributed by atoms with van der Waals surface area (Å²) in [5.41, 5.74) is 6.43. The van der Waals surface area contributed by atoms with Crippen LogP contribution in [0.1, 0.15) is 37.8 Å². The largest absolute Gasteiger partial charge is 0.388 e. The lowest BCUT2D eigenvalue weighted by atomic mass is 9.75. The number of nitrogens with zero attached hydrogens (tertiary/aromatic N) is 3. The zero-order chi connectivity index (χ0) is 13.2. The summed E-state index contributed by atoms with van der Waals surface area (Å²) in [4.78, 5) is 11.4. The van der Waals surface area contributed by atoms with E-state index < -0.39 is 0 Å². The van der Waals surface area contributed by atoms with Gasteiger partial charge in [0.15, 0.2) is 5.82 Å². The molecule has 2 atom stereocenters. The molecule has 1 saturated carbocycles. The zero-order valence-corrected chi connectivity index (χ0v) is 11.9. The monoisotopic (exact) mass is 276 g/mol. The number of hydrogen-bond acceptors (Lipinski definition) is 4. The zero-order valence-electron chi connectivity index (χ0n) is 11.1. The van der Waals surface area contributed by atoms with E-state index in [9.17, 15) is 0 Å². The minimum Gasteiger partial charge on any atom is -0.388 e. The van der Waals surface area contributed by atoms with Crippen molar-refractivity contribution in [1.29, 1.82) is 0 Å². The van der Waals surface area contributed by atoms with E-state index in [2.05, 4.69) is 14.9 Å². The van der Waals surface area contributed by atoms with Gasteiger partial charge in [-0.25, -0.2) is 9.97 Å². The van der Waals surface area contributed by atoms with Gasteiger partial charge >= 0.3 is 0 Å². The van der Waals surface area contributed by atoms with Crippen LogP contribution in [0.3, 0.4) is 0 Å². The lowest BCUT2D eigenvalue weighted by molar-refractivity contribution is 0.202. The van der Waals surface area contributed by atoms with Gasteiger partial charge in [-0.2, -0.15) is 0 Å². The molecule has 2 aliphatic rings. The van der Waals surface area contributed by atoms with Crippen molar-refractivity contribution in [3.8, 4) is 0 Å². The minimum absolute atomic E-state index is 0.342. The second-order valence-corrected chi connectivity index (χ2v) is 6.07. The topological polar surface area (TPSA) is 55.0 Å². The molecule has 1 aliphatic carbocycles. The summed E-state index contributed by atoms with van der Waals surface area (Å²) in [7, 11) is 0. The van der Waals surface area contributed by atoms with E-state index in [0.717, 1.165) is 30.7 Å². The Balaban J connectivity index is 1.81. The Kier molecular flexibility index (Phi) is 3.64. The average molecular weight is 276 g/mol. The number of piperidine rings is 1. The van der Waals surface area contributed by atoms with E-state index in [4.69, 9.17) is 18.0 Å². The first-order valence-electron chi connectivity index (χ1n) is 7.11. The van der Waals surface area contributed by atoms with Crippen LogP contribution in [-0.2, 0) is 0 Å². The Morgan fingerprint density at radius 3 is 2.68 bits per heavy atom. The molecule has 3 rings (SSSR count). The molecule has 0 bridgehead atoms. The number of rotatable bonds is 2. The fourth-order valence-corrected chi connectivity index (χ4v) is 3.67. The molecule has 0 spiro atoms. The molecule has 0 aromatic carbocycles. The predicted molar refractivity (Wildman–Crippen MR) is 80.2 cm³/mol. The standard InChI is InChI=1S/C14H20N4S/c15-13(19)12-14(17-7-6-16-12)18-8-5-10-3-1-2-4-11(10)9-18/h6-7,10-11H,1-5,8-9H2,(H2,15,19). The SMILES string of the molecule is NC(=S)c1nccnc1N1CCC2CCCCC2C1. The second kappa shape index (κ2) is 5.41. The highest BCUT2D eigenvalue weighted by molar-refractivity contribution is 7.80. The van der Waals surface area contributed by atoms with Gasteiger partial charge in [-0.15, -0.1) is 0 Å². The van der Waals surface area contributed by atoms with Crippen molar-refractivity contribution in [2.24, 2.45) is 17.6 Å². The summed E-state index contributed by atoms with van der Waals surface area (Å²) in [5.74, 6) is 2.60. The van der Waals surface area contributed by atoms with Crippen molar-refractivity contribution in [2.75, 3.05) is 18.0 Å². The maximum Gasteiger partial charge on any atom is 0.157 e. The number of hydrogen-bond donors (Lipinski definition) is 1. The molecule has 2 N–H and O–H groups in total. The fourth-order valence-electron chi connectivity index (χ4n) is 3.53. The highest BCUT2D eigenvalue weighted by Gasteiger charge is 2.32. The second-order valence-electron chi connectivity index (χ2n) is 5.63. The maximum absolute atomic E-state index is 5.76. The molecule has 2 unspecified atom stereocenters. The molecule has 1 saturated heterocycles. The van der Waals surface area contributed by atoms with Crippen LogP contribution in [0.25, 0.3) is 0 Å². The van der Waals surface area contributed by atoms with Crippen LogP contribution < -0.4 is 10.6 Å². The Hall–Kier alpha value is -1.23. The molecule has 1 aromatic rings. The summed E-state index contributed by atoms with van der Waals surface area (Å²) in [5, 5.41) is 0. The van der Waals surface area contributed by atoms with E-state index in [1.807, 2.05) is 0 Å². The van der Waals surface area contributed by atoms with Crippen LogP contribution >= 0.6 is 12.2 Å². The summed E-state index contributed by atoms with van der Waals surface area (Å²) in [6, 6.07) is 0. The quantitative estimate of drug-likeness (QED) is 0.839. The van der Waals surface area contributed by atoms with Crippen LogP contribution in [0.5, 0.6) is 0 Å². The molecule has 2 heterocycles. The third-order valence-electron chi connectivity index (χ3n) is 4.50. The Bertz CT molecular complexity index is 476. The molecule has 5 heteroatoms. The minimum atomic E-state index is 0.342. The third kappa shape index (κ3) is 2.56. The molecular weight excluding hydrogens is 256 g/mol. The van der Waals surface area contributed by atoms with E-state index >= 15 is 0 Å². The molecule has 1 aliphatic heterocycles. The normalized spacial score (nSPS) is 26.8. The lowest BCUT2D eigenvalue weighted by Gasteiger charge is -2.42. The van der Waals surface area contributed by atoms with Crippen LogP contribution in [0.4, 0.5) is 5.82 Å². The van der Waals surface area contributed by atoms with E-state index in [1.54, 1.807) is 12.4 Å². The molecule has 0 radical (unpaired) electrons. The van der Waals surface area contributed by atoms with Gasteiger partial charge in [0.05, 0.1) is 0 Å². The van der Waals surface area contributed by atoms with Crippen molar-refractivity contribution in [1.82, 2.24) is 9.97 Å². The molecule has 2 fully saturated rings. The van der Waals surface area contributed by atoms with Gasteiger partial charge in [0.2, 0.25) is 0 Å². The molecule has 1 aromatic heterocycles. The van der Waals surface area contributed by atoms with Gasteiger partial charge < -0.3 is 10.6 Å². The van der Waals surface area contributed by atoms with Crippen LogP contribution in [-0.4, -0.2) is 28.0 Å². The summed E-state index contributed by atoms with van der Waals surface area (Å²) in [6.45, 7) is 2.13. The van der Waals surface area contributed by atoms with Crippen molar-refractivity contribution in [3.63, 3.8) is 0 Å². The lowest BCUT2D eigenvalue weighted by Crippen LogP contribution is -2.43. The van der Waals surface area contributed by atoms with Crippen molar-refractivity contribution >= 4 is 23.0 Å². The van der Waals surface area contributed by atoms with Crippen LogP contribution in [0.2, 0.25) is 0 Å². The fraction of sp³-hybridized carbons (Fsp3) is 0.643. The Morgan fingerprint density at radius 2 is 1.89 bits per heavy atom. The highest BCUT2D eigenvalue weighted by atomic mass is 32.1. The average Bonchev–Trinajstić information content (AvgIpc) is 2.46. The van der Waals surface area contributed by atoms with Crippen molar-refractivity contribution in [3.05, 3.63) is 18.1 Å². The number of aromatic nitrogens is 2. The first kappa shape index (κ1) is 12.8. The van der Waals surface area contributed by atoms with E-state index in [-0.39, 0.29) is 0 Å². The van der Waals surface area contributed by atoms with Crippen molar-refractivity contribution in [2.45, 2.75) is 32.1 Å². The van der Waals surface area contributed by atoms with Gasteiger partial charge in [0.1, 0.15) is 10.7 Å². The summed E-state index contributed by atoms with van der Waals surface area (Å²) in [6.07, 6.45) is 10.2. The van der Waals surface area contributed by atoms with Gasteiger partial charge in [-0.3, -0.25) is 0 Å². The predicted octanol–water partition coefficient (Wildman–Crippen LogP) is 2.13. The van der Waals surface area contributed by atoms with Crippen LogP contribution in [0, 0.1) is 11.8 Å². The first-order valence-corrected chi connectivity index (χ1v) is 7.52. The van der Waals surface area contributed by atoms with Crippen LogP contribution in [0.15, 0.2) is 12.4 Å². The van der Waals surface area contributed by atoms with Gasteiger partial charge in [0, 0.05) is 25.5 Å². The van der Waals surface area contributed by atoms with Gasteiger partial charge in [-0.05, 0) is 24.7 Å². The number of thiocarbonyl (C=S) groups is 1. The van der Waals surface area contributed by atoms with Gasteiger partial charge in [-0.1, -0.05) is 31.5 Å². The molecule has 19 heavy (non-hydrogen) atoms. The van der Waals surface area contributed by atoms with Gasteiger partial charge in [0.25, 0.3) is 0 Å². The maximum atomic E-state index is 5.76. The molecule has 102 valence electrons. The molecule has 4 nitrogen and oxygen atoms in total. The number of anilines is 1. The molecule has 0 amide bonds.